The first kappa shape index (κ1) is 27.5. The van der Waals surface area contributed by atoms with E-state index in [1.54, 1.807) is 12.0 Å². The van der Waals surface area contributed by atoms with E-state index < -0.39 is 11.6 Å². The van der Waals surface area contributed by atoms with E-state index in [2.05, 4.69) is 4.90 Å². The largest absolute Gasteiger partial charge is 0.497 e. The third kappa shape index (κ3) is 5.35. The molecule has 0 aromatic heterocycles. The summed E-state index contributed by atoms with van der Waals surface area (Å²) in [6, 6.07) is 37.3. The molecule has 2 heterocycles. The standard InChI is InChI=1S/C35H35N3O4/c1-41-31-19-17-28(18-20-31)23-36-21-22-38(34(40)42-25-29-13-7-3-8-14-29)35(26-36)32(30-15-9-4-10-16-30)37(33(35)39)24-27-11-5-2-6-12-27/h2-20,32H,21-26H2,1H3/t32-,35+/m0/s1. The first-order chi connectivity index (χ1) is 20.6. The fourth-order valence-corrected chi connectivity index (χ4v) is 6.25. The molecule has 4 aromatic rings. The number of piperazine rings is 1. The highest BCUT2D eigenvalue weighted by molar-refractivity contribution is 5.98. The normalized spacial score (nSPS) is 20.3. The number of likely N-dealkylation sites (tertiary alicyclic amines) is 1. The maximum absolute atomic E-state index is 14.4. The summed E-state index contributed by atoms with van der Waals surface area (Å²) >= 11 is 0. The molecule has 7 nitrogen and oxygen atoms in total. The van der Waals surface area contributed by atoms with Gasteiger partial charge in [-0.05, 0) is 34.4 Å². The predicted octanol–water partition coefficient (Wildman–Crippen LogP) is 5.67. The van der Waals surface area contributed by atoms with Gasteiger partial charge in [-0.3, -0.25) is 14.6 Å². The summed E-state index contributed by atoms with van der Waals surface area (Å²) in [5.41, 5.74) is 2.98. The highest BCUT2D eigenvalue weighted by atomic mass is 16.6. The van der Waals surface area contributed by atoms with E-state index in [1.807, 2.05) is 120 Å². The molecule has 0 N–H and O–H groups in total. The summed E-state index contributed by atoms with van der Waals surface area (Å²) in [4.78, 5) is 34.1. The Morgan fingerprint density at radius 1 is 0.762 bits per heavy atom. The Hall–Kier alpha value is -4.62. The maximum Gasteiger partial charge on any atom is 0.411 e. The minimum atomic E-state index is -1.09. The lowest BCUT2D eigenvalue weighted by atomic mass is 9.71. The minimum absolute atomic E-state index is 0.0590. The fourth-order valence-electron chi connectivity index (χ4n) is 6.25. The van der Waals surface area contributed by atoms with Gasteiger partial charge in [-0.1, -0.05) is 103 Å². The van der Waals surface area contributed by atoms with Gasteiger partial charge in [0.05, 0.1) is 13.2 Å². The van der Waals surface area contributed by atoms with Gasteiger partial charge in [-0.2, -0.15) is 0 Å². The number of nitrogens with zero attached hydrogens (tertiary/aromatic N) is 3. The molecule has 42 heavy (non-hydrogen) atoms. The molecule has 0 aliphatic carbocycles. The van der Waals surface area contributed by atoms with E-state index >= 15 is 0 Å². The molecule has 0 bridgehead atoms. The molecule has 2 atom stereocenters. The first-order valence-corrected chi connectivity index (χ1v) is 14.3. The van der Waals surface area contributed by atoms with Crippen molar-refractivity contribution in [3.05, 3.63) is 138 Å². The lowest BCUT2D eigenvalue weighted by molar-refractivity contribution is -0.187. The number of carbonyl (C=O) groups excluding carboxylic acids is 2. The molecule has 0 radical (unpaired) electrons. The average molecular weight is 562 g/mol. The molecular weight excluding hydrogens is 526 g/mol. The molecule has 6 rings (SSSR count). The van der Waals surface area contributed by atoms with Gasteiger partial charge in [0.2, 0.25) is 0 Å². The van der Waals surface area contributed by atoms with Crippen molar-refractivity contribution in [1.82, 2.24) is 14.7 Å². The Morgan fingerprint density at radius 3 is 2.00 bits per heavy atom. The molecule has 2 saturated heterocycles. The number of amides is 2. The Bertz CT molecular complexity index is 1500. The number of hydrogen-bond donors (Lipinski definition) is 0. The van der Waals surface area contributed by atoms with Crippen LogP contribution in [0.4, 0.5) is 4.79 Å². The lowest BCUT2D eigenvalue weighted by Gasteiger charge is -2.63. The van der Waals surface area contributed by atoms with Gasteiger partial charge in [0.1, 0.15) is 12.4 Å². The molecule has 1 spiro atoms. The minimum Gasteiger partial charge on any atom is -0.497 e. The zero-order chi connectivity index (χ0) is 28.9. The molecule has 2 amide bonds. The molecule has 7 heteroatoms. The summed E-state index contributed by atoms with van der Waals surface area (Å²) in [7, 11) is 1.65. The number of hydrogen-bond acceptors (Lipinski definition) is 5. The summed E-state index contributed by atoms with van der Waals surface area (Å²) in [6.45, 7) is 2.70. The molecule has 2 aliphatic rings. The second-order valence-corrected chi connectivity index (χ2v) is 10.9. The lowest BCUT2D eigenvalue weighted by Crippen LogP contribution is -2.81. The van der Waals surface area contributed by atoms with Gasteiger partial charge in [0, 0.05) is 32.7 Å². The van der Waals surface area contributed by atoms with Gasteiger partial charge in [0.25, 0.3) is 5.91 Å². The van der Waals surface area contributed by atoms with Crippen LogP contribution >= 0.6 is 0 Å². The van der Waals surface area contributed by atoms with Crippen molar-refractivity contribution in [2.75, 3.05) is 26.7 Å². The SMILES string of the molecule is COc1ccc(CN2CCN(C(=O)OCc3ccccc3)[C@@]3(C2)C(=O)N(Cc2ccccc2)[C@H]3c2ccccc2)cc1. The molecule has 214 valence electrons. The van der Waals surface area contributed by atoms with Crippen molar-refractivity contribution in [1.29, 1.82) is 0 Å². The average Bonchev–Trinajstić information content (AvgIpc) is 3.05. The fraction of sp³-hybridized carbons (Fsp3) is 0.257. The van der Waals surface area contributed by atoms with Crippen molar-refractivity contribution in [2.24, 2.45) is 0 Å². The Kier molecular flexibility index (Phi) is 7.93. The number of β-lactam (4-membered cyclic amide) rings is 1. The first-order valence-electron chi connectivity index (χ1n) is 14.3. The maximum atomic E-state index is 14.4. The number of rotatable bonds is 8. The van der Waals surface area contributed by atoms with Crippen LogP contribution in [0.1, 0.15) is 28.3 Å². The van der Waals surface area contributed by atoms with Crippen LogP contribution in [0.2, 0.25) is 0 Å². The van der Waals surface area contributed by atoms with Crippen molar-refractivity contribution >= 4 is 12.0 Å². The Labute approximate surface area is 246 Å². The zero-order valence-corrected chi connectivity index (χ0v) is 23.8. The number of ether oxygens (including phenoxy) is 2. The second-order valence-electron chi connectivity index (χ2n) is 10.9. The third-order valence-corrected chi connectivity index (χ3v) is 8.28. The van der Waals surface area contributed by atoms with Gasteiger partial charge < -0.3 is 14.4 Å². The zero-order valence-electron chi connectivity index (χ0n) is 23.8. The summed E-state index contributed by atoms with van der Waals surface area (Å²) < 4.78 is 11.2. The van der Waals surface area contributed by atoms with Crippen molar-refractivity contribution in [3.8, 4) is 5.75 Å². The van der Waals surface area contributed by atoms with Gasteiger partial charge in [-0.25, -0.2) is 4.79 Å². The van der Waals surface area contributed by atoms with Crippen LogP contribution in [0.5, 0.6) is 5.75 Å². The van der Waals surface area contributed by atoms with Crippen LogP contribution in [0.25, 0.3) is 0 Å². The number of carbonyl (C=O) groups is 2. The van der Waals surface area contributed by atoms with Crippen molar-refractivity contribution < 1.29 is 19.1 Å². The van der Waals surface area contributed by atoms with Crippen molar-refractivity contribution in [3.63, 3.8) is 0 Å². The van der Waals surface area contributed by atoms with Crippen LogP contribution in [-0.4, -0.2) is 59.0 Å². The predicted molar refractivity (Wildman–Crippen MR) is 161 cm³/mol. The number of methoxy groups -OCH3 is 1. The van der Waals surface area contributed by atoms with Crippen LogP contribution in [-0.2, 0) is 29.2 Å². The van der Waals surface area contributed by atoms with E-state index in [4.69, 9.17) is 9.47 Å². The van der Waals surface area contributed by atoms with E-state index in [0.717, 1.165) is 28.0 Å². The van der Waals surface area contributed by atoms with E-state index in [0.29, 0.717) is 32.7 Å². The van der Waals surface area contributed by atoms with Gasteiger partial charge in [0.15, 0.2) is 5.54 Å². The van der Waals surface area contributed by atoms with Crippen LogP contribution < -0.4 is 4.74 Å². The van der Waals surface area contributed by atoms with Crippen LogP contribution in [0.3, 0.4) is 0 Å². The summed E-state index contributed by atoms with van der Waals surface area (Å²) in [5.74, 6) is 0.743. The smallest absolute Gasteiger partial charge is 0.411 e. The van der Waals surface area contributed by atoms with E-state index in [1.165, 1.54) is 0 Å². The molecule has 0 saturated carbocycles. The number of benzene rings is 4. The van der Waals surface area contributed by atoms with Crippen LogP contribution in [0, 0.1) is 0 Å². The topological polar surface area (TPSA) is 62.3 Å². The third-order valence-electron chi connectivity index (χ3n) is 8.28. The monoisotopic (exact) mass is 561 g/mol. The Balaban J connectivity index is 1.33. The Morgan fingerprint density at radius 2 is 1.36 bits per heavy atom. The molecule has 4 aromatic carbocycles. The highest BCUT2D eigenvalue weighted by Crippen LogP contribution is 2.50. The summed E-state index contributed by atoms with van der Waals surface area (Å²) in [6.07, 6.45) is -0.461. The van der Waals surface area contributed by atoms with Crippen LogP contribution in [0.15, 0.2) is 115 Å². The van der Waals surface area contributed by atoms with E-state index in [9.17, 15) is 9.59 Å². The molecular formula is C35H35N3O4. The molecule has 2 fully saturated rings. The second kappa shape index (κ2) is 12.1. The molecule has 0 unspecified atom stereocenters. The van der Waals surface area contributed by atoms with Crippen molar-refractivity contribution in [2.45, 2.75) is 31.3 Å². The quantitative estimate of drug-likeness (QED) is 0.260. The van der Waals surface area contributed by atoms with Gasteiger partial charge in [-0.15, -0.1) is 0 Å². The molecule has 2 aliphatic heterocycles. The van der Waals surface area contributed by atoms with Gasteiger partial charge >= 0.3 is 6.09 Å². The highest BCUT2D eigenvalue weighted by Gasteiger charge is 2.67. The van der Waals surface area contributed by atoms with E-state index in [-0.39, 0.29) is 18.6 Å². The summed E-state index contributed by atoms with van der Waals surface area (Å²) in [5, 5.41) is 0.